The largest absolute Gasteiger partial charge is 0.452 e. The summed E-state index contributed by atoms with van der Waals surface area (Å²) in [7, 11) is 0. The zero-order valence-corrected chi connectivity index (χ0v) is 14.8. The molecule has 0 saturated carbocycles. The van der Waals surface area contributed by atoms with Crippen molar-refractivity contribution in [2.24, 2.45) is 0 Å². The van der Waals surface area contributed by atoms with Gasteiger partial charge in [0.25, 0.3) is 5.91 Å². The molecule has 2 rings (SSSR count). The van der Waals surface area contributed by atoms with Gasteiger partial charge in [0.15, 0.2) is 6.61 Å². The second kappa shape index (κ2) is 9.36. The van der Waals surface area contributed by atoms with Crippen molar-refractivity contribution in [2.45, 2.75) is 26.4 Å². The summed E-state index contributed by atoms with van der Waals surface area (Å²) in [6.07, 6.45) is 0. The fourth-order valence-electron chi connectivity index (χ4n) is 2.31. The standard InChI is InChI=1S/C20H22N2O4/c1-14(17-6-4-3-5-7-17)22-19(24)13-26-20(25)18-10-8-16(9-11-18)12-21-15(2)23/h3-11,14H,12-13H2,1-2H3,(H,21,23)(H,22,24). The number of rotatable bonds is 7. The monoisotopic (exact) mass is 354 g/mol. The van der Waals surface area contributed by atoms with Gasteiger partial charge >= 0.3 is 5.97 Å². The summed E-state index contributed by atoms with van der Waals surface area (Å²) in [5, 5.41) is 5.46. The maximum atomic E-state index is 12.0. The Kier molecular flexibility index (Phi) is 6.91. The Bertz CT molecular complexity index is 757. The van der Waals surface area contributed by atoms with E-state index in [1.807, 2.05) is 37.3 Å². The first-order chi connectivity index (χ1) is 12.5. The fourth-order valence-corrected chi connectivity index (χ4v) is 2.31. The number of amides is 2. The van der Waals surface area contributed by atoms with E-state index in [0.29, 0.717) is 12.1 Å². The highest BCUT2D eigenvalue weighted by molar-refractivity contribution is 5.91. The van der Waals surface area contributed by atoms with E-state index in [4.69, 9.17) is 4.74 Å². The third-order valence-electron chi connectivity index (χ3n) is 3.74. The van der Waals surface area contributed by atoms with Crippen LogP contribution >= 0.6 is 0 Å². The lowest BCUT2D eigenvalue weighted by atomic mass is 10.1. The van der Waals surface area contributed by atoms with Crippen LogP contribution in [0.3, 0.4) is 0 Å². The Morgan fingerprint density at radius 2 is 1.65 bits per heavy atom. The van der Waals surface area contributed by atoms with Crippen molar-refractivity contribution >= 4 is 17.8 Å². The minimum Gasteiger partial charge on any atom is -0.452 e. The Morgan fingerprint density at radius 1 is 1.00 bits per heavy atom. The van der Waals surface area contributed by atoms with Crippen LogP contribution in [0.4, 0.5) is 0 Å². The SMILES string of the molecule is CC(=O)NCc1ccc(C(=O)OCC(=O)NC(C)c2ccccc2)cc1. The van der Waals surface area contributed by atoms with Gasteiger partial charge in [0.05, 0.1) is 11.6 Å². The molecule has 2 amide bonds. The lowest BCUT2D eigenvalue weighted by molar-refractivity contribution is -0.125. The van der Waals surface area contributed by atoms with Crippen molar-refractivity contribution < 1.29 is 19.1 Å². The van der Waals surface area contributed by atoms with E-state index >= 15 is 0 Å². The van der Waals surface area contributed by atoms with Gasteiger partial charge in [-0.1, -0.05) is 42.5 Å². The summed E-state index contributed by atoms with van der Waals surface area (Å²) in [5.41, 5.74) is 2.19. The number of nitrogens with one attached hydrogen (secondary N) is 2. The van der Waals surface area contributed by atoms with Crippen LogP contribution in [0, 0.1) is 0 Å². The molecule has 0 aliphatic carbocycles. The van der Waals surface area contributed by atoms with E-state index in [-0.39, 0.29) is 24.5 Å². The summed E-state index contributed by atoms with van der Waals surface area (Å²) in [5.74, 6) is -1.06. The minimum atomic E-state index is -0.571. The number of ether oxygens (including phenoxy) is 1. The first-order valence-corrected chi connectivity index (χ1v) is 8.30. The predicted molar refractivity (Wildman–Crippen MR) is 97.2 cm³/mol. The van der Waals surface area contributed by atoms with E-state index in [0.717, 1.165) is 11.1 Å². The van der Waals surface area contributed by atoms with Crippen LogP contribution < -0.4 is 10.6 Å². The average Bonchev–Trinajstić information content (AvgIpc) is 2.65. The van der Waals surface area contributed by atoms with Crippen LogP contribution in [-0.4, -0.2) is 24.4 Å². The van der Waals surface area contributed by atoms with E-state index in [1.165, 1.54) is 6.92 Å². The summed E-state index contributed by atoms with van der Waals surface area (Å²) >= 11 is 0. The third-order valence-corrected chi connectivity index (χ3v) is 3.74. The highest BCUT2D eigenvalue weighted by Gasteiger charge is 2.13. The molecular weight excluding hydrogens is 332 g/mol. The second-order valence-corrected chi connectivity index (χ2v) is 5.88. The number of hydrogen-bond donors (Lipinski definition) is 2. The molecule has 1 unspecified atom stereocenters. The molecule has 2 aromatic rings. The van der Waals surface area contributed by atoms with Crippen LogP contribution in [0.5, 0.6) is 0 Å². The van der Waals surface area contributed by atoms with Crippen molar-refractivity contribution in [1.29, 1.82) is 0 Å². The fraction of sp³-hybridized carbons (Fsp3) is 0.250. The van der Waals surface area contributed by atoms with Gasteiger partial charge in [0.1, 0.15) is 0 Å². The van der Waals surface area contributed by atoms with Gasteiger partial charge in [-0.15, -0.1) is 0 Å². The van der Waals surface area contributed by atoms with Gasteiger partial charge in [-0.05, 0) is 30.2 Å². The maximum Gasteiger partial charge on any atom is 0.338 e. The van der Waals surface area contributed by atoms with E-state index in [1.54, 1.807) is 24.3 Å². The molecule has 6 nitrogen and oxygen atoms in total. The minimum absolute atomic E-state index is 0.121. The Labute approximate surface area is 152 Å². The predicted octanol–water partition coefficient (Wildman–Crippen LogP) is 2.36. The molecule has 6 heteroatoms. The first kappa shape index (κ1) is 19.2. The molecular formula is C20H22N2O4. The molecule has 0 saturated heterocycles. The quantitative estimate of drug-likeness (QED) is 0.748. The van der Waals surface area contributed by atoms with Crippen LogP contribution in [0.25, 0.3) is 0 Å². The molecule has 0 spiro atoms. The maximum absolute atomic E-state index is 12.0. The molecule has 0 heterocycles. The lowest BCUT2D eigenvalue weighted by Crippen LogP contribution is -2.31. The number of carbonyl (C=O) groups excluding carboxylic acids is 3. The average molecular weight is 354 g/mol. The summed E-state index contributed by atoms with van der Waals surface area (Å²) in [6, 6.07) is 16.0. The molecule has 136 valence electrons. The molecule has 0 aliphatic rings. The van der Waals surface area contributed by atoms with E-state index < -0.39 is 5.97 Å². The Morgan fingerprint density at radius 3 is 2.27 bits per heavy atom. The second-order valence-electron chi connectivity index (χ2n) is 5.88. The van der Waals surface area contributed by atoms with Gasteiger partial charge in [-0.2, -0.15) is 0 Å². The smallest absolute Gasteiger partial charge is 0.338 e. The molecule has 0 fully saturated rings. The number of benzene rings is 2. The van der Waals surface area contributed by atoms with Crippen molar-refractivity contribution in [1.82, 2.24) is 10.6 Å². The molecule has 0 aromatic heterocycles. The van der Waals surface area contributed by atoms with Crippen molar-refractivity contribution in [2.75, 3.05) is 6.61 Å². The van der Waals surface area contributed by atoms with Gasteiger partial charge in [-0.3, -0.25) is 9.59 Å². The Balaban J connectivity index is 1.80. The molecule has 1 atom stereocenters. The van der Waals surface area contributed by atoms with Crippen molar-refractivity contribution in [3.63, 3.8) is 0 Å². The normalized spacial score (nSPS) is 11.3. The van der Waals surface area contributed by atoms with E-state index in [2.05, 4.69) is 10.6 Å². The highest BCUT2D eigenvalue weighted by Crippen LogP contribution is 2.11. The highest BCUT2D eigenvalue weighted by atomic mass is 16.5. The number of carbonyl (C=O) groups is 3. The molecule has 2 aromatic carbocycles. The number of esters is 1. The van der Waals surface area contributed by atoms with Crippen molar-refractivity contribution in [3.05, 3.63) is 71.3 Å². The van der Waals surface area contributed by atoms with Gasteiger partial charge in [0.2, 0.25) is 5.91 Å². The Hall–Kier alpha value is -3.15. The first-order valence-electron chi connectivity index (χ1n) is 8.30. The zero-order valence-electron chi connectivity index (χ0n) is 14.8. The summed E-state index contributed by atoms with van der Waals surface area (Å²) in [6.45, 7) is 3.35. The van der Waals surface area contributed by atoms with Crippen molar-refractivity contribution in [3.8, 4) is 0 Å². The van der Waals surface area contributed by atoms with Gasteiger partial charge in [0, 0.05) is 13.5 Å². The topological polar surface area (TPSA) is 84.5 Å². The zero-order chi connectivity index (χ0) is 18.9. The van der Waals surface area contributed by atoms with Gasteiger partial charge < -0.3 is 15.4 Å². The third kappa shape index (κ3) is 6.05. The summed E-state index contributed by atoms with van der Waals surface area (Å²) < 4.78 is 5.04. The molecule has 2 N–H and O–H groups in total. The van der Waals surface area contributed by atoms with Crippen LogP contribution in [-0.2, 0) is 20.9 Å². The van der Waals surface area contributed by atoms with Crippen LogP contribution in [0.2, 0.25) is 0 Å². The van der Waals surface area contributed by atoms with E-state index in [9.17, 15) is 14.4 Å². The molecule has 0 radical (unpaired) electrons. The lowest BCUT2D eigenvalue weighted by Gasteiger charge is -2.14. The summed E-state index contributed by atoms with van der Waals surface area (Å²) in [4.78, 5) is 34.8. The van der Waals surface area contributed by atoms with Crippen LogP contribution in [0.1, 0.15) is 41.4 Å². The number of hydrogen-bond acceptors (Lipinski definition) is 4. The van der Waals surface area contributed by atoms with Gasteiger partial charge in [-0.25, -0.2) is 4.79 Å². The molecule has 0 aliphatic heterocycles. The molecule has 0 bridgehead atoms. The molecule has 26 heavy (non-hydrogen) atoms. The van der Waals surface area contributed by atoms with Crippen LogP contribution in [0.15, 0.2) is 54.6 Å².